The third-order valence-corrected chi connectivity index (χ3v) is 3.30. The van der Waals surface area contributed by atoms with Crippen molar-refractivity contribution < 1.29 is 13.6 Å². The Hall–Kier alpha value is -1.69. The van der Waals surface area contributed by atoms with Gasteiger partial charge in [-0.25, -0.2) is 8.78 Å². The van der Waals surface area contributed by atoms with Gasteiger partial charge >= 0.3 is 0 Å². The zero-order valence-electron chi connectivity index (χ0n) is 10.5. The Bertz CT molecular complexity index is 473. The van der Waals surface area contributed by atoms with Gasteiger partial charge in [0.2, 0.25) is 0 Å². The third kappa shape index (κ3) is 3.41. The predicted molar refractivity (Wildman–Crippen MR) is 69.0 cm³/mol. The van der Waals surface area contributed by atoms with Crippen LogP contribution in [-0.2, 0) is 0 Å². The van der Waals surface area contributed by atoms with Gasteiger partial charge in [0.15, 0.2) is 0 Å². The van der Waals surface area contributed by atoms with Crippen LogP contribution in [0, 0.1) is 17.6 Å². The van der Waals surface area contributed by atoms with Gasteiger partial charge in [-0.15, -0.1) is 0 Å². The van der Waals surface area contributed by atoms with E-state index in [9.17, 15) is 13.6 Å². The van der Waals surface area contributed by atoms with E-state index in [1.54, 1.807) is 0 Å². The van der Waals surface area contributed by atoms with Crippen molar-refractivity contribution in [3.05, 3.63) is 29.3 Å². The Labute approximate surface area is 110 Å². The Kier molecular flexibility index (Phi) is 4.31. The van der Waals surface area contributed by atoms with E-state index in [-0.39, 0.29) is 11.3 Å². The molecule has 1 unspecified atom stereocenters. The van der Waals surface area contributed by atoms with Crippen molar-refractivity contribution >= 4 is 11.6 Å². The molecule has 1 aliphatic rings. The van der Waals surface area contributed by atoms with Gasteiger partial charge in [-0.2, -0.15) is 0 Å². The second kappa shape index (κ2) is 5.97. The first-order chi connectivity index (χ1) is 9.08. The number of halogens is 2. The smallest absolute Gasteiger partial charge is 0.251 e. The maximum atomic E-state index is 13.6. The third-order valence-electron chi connectivity index (χ3n) is 3.30. The molecule has 4 N–H and O–H groups in total. The van der Waals surface area contributed by atoms with Gasteiger partial charge in [0.25, 0.3) is 5.91 Å². The van der Waals surface area contributed by atoms with E-state index in [1.165, 1.54) is 0 Å². The van der Waals surface area contributed by atoms with Crippen LogP contribution in [0.15, 0.2) is 12.1 Å². The Morgan fingerprint density at radius 3 is 2.84 bits per heavy atom. The summed E-state index contributed by atoms with van der Waals surface area (Å²) in [6.07, 6.45) is 2.15. The lowest BCUT2D eigenvalue weighted by Gasteiger charge is -2.23. The molecule has 1 aliphatic heterocycles. The summed E-state index contributed by atoms with van der Waals surface area (Å²) in [6.45, 7) is 2.46. The molecule has 0 aliphatic carbocycles. The molecule has 0 spiro atoms. The minimum Gasteiger partial charge on any atom is -0.382 e. The minimum absolute atomic E-state index is 0.112. The van der Waals surface area contributed by atoms with Gasteiger partial charge in [0.1, 0.15) is 11.6 Å². The van der Waals surface area contributed by atoms with Crippen molar-refractivity contribution in [1.29, 1.82) is 0 Å². The lowest BCUT2D eigenvalue weighted by Crippen LogP contribution is -2.33. The quantitative estimate of drug-likeness (QED) is 0.775. The van der Waals surface area contributed by atoms with Crippen LogP contribution in [-0.4, -0.2) is 25.5 Å². The first-order valence-corrected chi connectivity index (χ1v) is 6.31. The number of carbonyl (C=O) groups is 1. The topological polar surface area (TPSA) is 67.2 Å². The van der Waals surface area contributed by atoms with Gasteiger partial charge in [-0.1, -0.05) is 0 Å². The first kappa shape index (κ1) is 13.7. The maximum absolute atomic E-state index is 13.6. The highest BCUT2D eigenvalue weighted by Crippen LogP contribution is 2.20. The van der Waals surface area contributed by atoms with E-state index in [0.717, 1.165) is 32.0 Å². The molecule has 1 fully saturated rings. The SMILES string of the molecule is NC(=O)c1cc(NCC2CCCNC2)c(F)cc1F. The molecule has 2 rings (SSSR count). The fourth-order valence-electron chi connectivity index (χ4n) is 2.23. The van der Waals surface area contributed by atoms with Crippen molar-refractivity contribution in [2.45, 2.75) is 12.8 Å². The van der Waals surface area contributed by atoms with Crippen molar-refractivity contribution in [3.8, 4) is 0 Å². The average molecular weight is 269 g/mol. The molecule has 1 aromatic carbocycles. The zero-order chi connectivity index (χ0) is 13.8. The molecule has 4 nitrogen and oxygen atoms in total. The standard InChI is InChI=1S/C13H17F2N3O/c14-10-5-11(15)12(4-9(10)13(16)19)18-7-8-2-1-3-17-6-8/h4-5,8,17-18H,1-3,6-7H2,(H2,16,19). The lowest BCUT2D eigenvalue weighted by molar-refractivity contribution is 0.0996. The van der Waals surface area contributed by atoms with Crippen molar-refractivity contribution in [2.24, 2.45) is 11.7 Å². The van der Waals surface area contributed by atoms with Gasteiger partial charge in [0.05, 0.1) is 11.3 Å². The first-order valence-electron chi connectivity index (χ1n) is 6.31. The van der Waals surface area contributed by atoms with Gasteiger partial charge < -0.3 is 16.4 Å². The number of nitrogens with two attached hydrogens (primary N) is 1. The lowest BCUT2D eigenvalue weighted by atomic mass is 9.99. The molecule has 1 aromatic rings. The van der Waals surface area contributed by atoms with E-state index in [2.05, 4.69) is 10.6 Å². The summed E-state index contributed by atoms with van der Waals surface area (Å²) in [5.74, 6) is -2.16. The molecule has 0 bridgehead atoms. The van der Waals surface area contributed by atoms with Crippen LogP contribution in [0.25, 0.3) is 0 Å². The number of hydrogen-bond acceptors (Lipinski definition) is 3. The highest BCUT2D eigenvalue weighted by molar-refractivity contribution is 5.94. The molecule has 0 aromatic heterocycles. The molecule has 1 atom stereocenters. The number of rotatable bonds is 4. The molecule has 6 heteroatoms. The van der Waals surface area contributed by atoms with Crippen LogP contribution >= 0.6 is 0 Å². The van der Waals surface area contributed by atoms with Crippen LogP contribution in [0.2, 0.25) is 0 Å². The summed E-state index contributed by atoms with van der Waals surface area (Å²) in [5, 5.41) is 6.17. The Morgan fingerprint density at radius 2 is 2.21 bits per heavy atom. The summed E-state index contributed by atoms with van der Waals surface area (Å²) in [7, 11) is 0. The molecule has 19 heavy (non-hydrogen) atoms. The summed E-state index contributed by atoms with van der Waals surface area (Å²) in [4.78, 5) is 11.0. The van der Waals surface area contributed by atoms with Crippen LogP contribution in [0.3, 0.4) is 0 Å². The number of benzene rings is 1. The van der Waals surface area contributed by atoms with E-state index in [0.29, 0.717) is 18.5 Å². The van der Waals surface area contributed by atoms with Gasteiger partial charge in [-0.3, -0.25) is 4.79 Å². The number of amides is 1. The molecule has 104 valence electrons. The monoisotopic (exact) mass is 269 g/mol. The molecule has 0 radical (unpaired) electrons. The summed E-state index contributed by atoms with van der Waals surface area (Å²) in [6, 6.07) is 1.81. The van der Waals surface area contributed by atoms with Crippen molar-refractivity contribution in [2.75, 3.05) is 25.0 Å². The fraction of sp³-hybridized carbons (Fsp3) is 0.462. The second-order valence-electron chi connectivity index (χ2n) is 4.77. The molecular formula is C13H17F2N3O. The second-order valence-corrected chi connectivity index (χ2v) is 4.77. The highest BCUT2D eigenvalue weighted by Gasteiger charge is 2.16. The molecule has 0 saturated carbocycles. The van der Waals surface area contributed by atoms with E-state index in [1.807, 2.05) is 0 Å². The summed E-state index contributed by atoms with van der Waals surface area (Å²) < 4.78 is 26.9. The van der Waals surface area contributed by atoms with Crippen molar-refractivity contribution in [1.82, 2.24) is 5.32 Å². The molecule has 1 saturated heterocycles. The number of carbonyl (C=O) groups excluding carboxylic acids is 1. The number of piperidine rings is 1. The normalized spacial score (nSPS) is 19.2. The largest absolute Gasteiger partial charge is 0.382 e. The summed E-state index contributed by atoms with van der Waals surface area (Å²) in [5.41, 5.74) is 4.84. The van der Waals surface area contributed by atoms with E-state index < -0.39 is 17.5 Å². The Morgan fingerprint density at radius 1 is 1.42 bits per heavy atom. The van der Waals surface area contributed by atoms with Crippen molar-refractivity contribution in [3.63, 3.8) is 0 Å². The average Bonchev–Trinajstić information content (AvgIpc) is 2.38. The number of anilines is 1. The number of primary amides is 1. The van der Waals surface area contributed by atoms with Crippen LogP contribution < -0.4 is 16.4 Å². The minimum atomic E-state index is -0.935. The maximum Gasteiger partial charge on any atom is 0.251 e. The fourth-order valence-corrected chi connectivity index (χ4v) is 2.23. The number of hydrogen-bond donors (Lipinski definition) is 3. The summed E-state index contributed by atoms with van der Waals surface area (Å²) >= 11 is 0. The van der Waals surface area contributed by atoms with E-state index in [4.69, 9.17) is 5.73 Å². The number of nitrogens with one attached hydrogen (secondary N) is 2. The van der Waals surface area contributed by atoms with Crippen LogP contribution in [0.4, 0.5) is 14.5 Å². The van der Waals surface area contributed by atoms with Gasteiger partial charge in [0, 0.05) is 12.6 Å². The molecular weight excluding hydrogens is 252 g/mol. The van der Waals surface area contributed by atoms with Crippen LogP contribution in [0.5, 0.6) is 0 Å². The van der Waals surface area contributed by atoms with Crippen LogP contribution in [0.1, 0.15) is 23.2 Å². The zero-order valence-corrected chi connectivity index (χ0v) is 10.5. The Balaban J connectivity index is 2.06. The van der Waals surface area contributed by atoms with Gasteiger partial charge in [-0.05, 0) is 37.9 Å². The molecule has 1 amide bonds. The predicted octanol–water partition coefficient (Wildman–Crippen LogP) is 1.48. The molecule has 1 heterocycles. The highest BCUT2D eigenvalue weighted by atomic mass is 19.1. The van der Waals surface area contributed by atoms with E-state index >= 15 is 0 Å².